The SMILES string of the molecule is CCN1C(=O)C2CC=C3C(CC4C(=O)C(c5ccccc5)=CC(=O)C4(c4ccccc4)C3c3ccc(O)c4ccccc34)C2C1=O. The third-order valence-electron chi connectivity index (χ3n) is 11.0. The van der Waals surface area contributed by atoms with E-state index in [1.807, 2.05) is 97.9 Å². The maximum absolute atomic E-state index is 15.1. The molecule has 46 heavy (non-hydrogen) atoms. The van der Waals surface area contributed by atoms with E-state index in [0.29, 0.717) is 29.5 Å². The lowest BCUT2D eigenvalue weighted by molar-refractivity contribution is -0.140. The Morgan fingerprint density at radius 2 is 1.46 bits per heavy atom. The molecule has 2 fully saturated rings. The number of rotatable bonds is 4. The molecule has 6 atom stereocenters. The molecule has 0 radical (unpaired) electrons. The molecule has 0 spiro atoms. The van der Waals surface area contributed by atoms with Crippen LogP contribution in [-0.4, -0.2) is 39.9 Å². The largest absolute Gasteiger partial charge is 0.507 e. The molecular formula is C40H33NO5. The molecular weight excluding hydrogens is 574 g/mol. The van der Waals surface area contributed by atoms with E-state index < -0.39 is 35.0 Å². The Morgan fingerprint density at radius 3 is 2.17 bits per heavy atom. The van der Waals surface area contributed by atoms with Crippen LogP contribution in [0, 0.1) is 23.7 Å². The average Bonchev–Trinajstić information content (AvgIpc) is 3.35. The number of carbonyl (C=O) groups is 4. The van der Waals surface area contributed by atoms with Crippen molar-refractivity contribution in [2.24, 2.45) is 23.7 Å². The maximum Gasteiger partial charge on any atom is 0.233 e. The van der Waals surface area contributed by atoms with Gasteiger partial charge < -0.3 is 5.11 Å². The molecule has 1 saturated heterocycles. The van der Waals surface area contributed by atoms with Crippen molar-refractivity contribution in [2.45, 2.75) is 31.1 Å². The normalized spacial score (nSPS) is 28.8. The predicted molar refractivity (Wildman–Crippen MR) is 175 cm³/mol. The minimum absolute atomic E-state index is 0.127. The summed E-state index contributed by atoms with van der Waals surface area (Å²) in [5, 5.41) is 12.3. The summed E-state index contributed by atoms with van der Waals surface area (Å²) in [6.45, 7) is 2.11. The predicted octanol–water partition coefficient (Wildman–Crippen LogP) is 6.39. The first-order chi connectivity index (χ1) is 22.4. The fraction of sp³-hybridized carbons (Fsp3) is 0.250. The number of aromatic hydroxyl groups is 1. The van der Waals surface area contributed by atoms with Crippen LogP contribution in [0.25, 0.3) is 16.3 Å². The Bertz CT molecular complexity index is 2010. The number of phenols is 1. The highest BCUT2D eigenvalue weighted by Gasteiger charge is 2.65. The number of fused-ring (bicyclic) bond motifs is 5. The van der Waals surface area contributed by atoms with Crippen molar-refractivity contribution < 1.29 is 24.3 Å². The van der Waals surface area contributed by atoms with E-state index in [-0.39, 0.29) is 35.6 Å². The van der Waals surface area contributed by atoms with Gasteiger partial charge in [0, 0.05) is 29.3 Å². The molecule has 4 aromatic carbocycles. The van der Waals surface area contributed by atoms with Crippen molar-refractivity contribution in [3.8, 4) is 5.75 Å². The summed E-state index contributed by atoms with van der Waals surface area (Å²) in [6, 6.07) is 29.9. The summed E-state index contributed by atoms with van der Waals surface area (Å²) in [7, 11) is 0. The molecule has 8 rings (SSSR count). The molecule has 2 amide bonds. The van der Waals surface area contributed by atoms with Crippen LogP contribution in [-0.2, 0) is 24.6 Å². The number of ketones is 2. The van der Waals surface area contributed by atoms with Crippen molar-refractivity contribution in [2.75, 3.05) is 6.54 Å². The Kier molecular flexibility index (Phi) is 6.47. The van der Waals surface area contributed by atoms with Crippen LogP contribution in [0.1, 0.15) is 42.4 Å². The van der Waals surface area contributed by atoms with Crippen molar-refractivity contribution in [3.63, 3.8) is 0 Å². The first-order valence-corrected chi connectivity index (χ1v) is 16.0. The zero-order valence-electron chi connectivity index (χ0n) is 25.4. The Hall–Kier alpha value is -5.10. The van der Waals surface area contributed by atoms with Crippen LogP contribution in [0.15, 0.2) is 115 Å². The van der Waals surface area contributed by atoms with Gasteiger partial charge in [0.15, 0.2) is 11.6 Å². The Morgan fingerprint density at radius 1 is 0.783 bits per heavy atom. The summed E-state index contributed by atoms with van der Waals surface area (Å²) in [6.07, 6.45) is 4.29. The number of hydrogen-bond acceptors (Lipinski definition) is 5. The molecule has 1 N–H and O–H groups in total. The van der Waals surface area contributed by atoms with E-state index in [0.717, 1.165) is 22.1 Å². The molecule has 6 heteroatoms. The lowest BCUT2D eigenvalue weighted by atomic mass is 9.44. The number of hydrogen-bond donors (Lipinski definition) is 1. The summed E-state index contributed by atoms with van der Waals surface area (Å²) in [5.41, 5.74) is 2.24. The van der Waals surface area contributed by atoms with Gasteiger partial charge in [-0.25, -0.2) is 0 Å². The molecule has 6 unspecified atom stereocenters. The van der Waals surface area contributed by atoms with Crippen molar-refractivity contribution in [3.05, 3.63) is 131 Å². The first-order valence-electron chi connectivity index (χ1n) is 16.0. The zero-order valence-corrected chi connectivity index (χ0v) is 25.4. The topological polar surface area (TPSA) is 91.8 Å². The monoisotopic (exact) mass is 607 g/mol. The van der Waals surface area contributed by atoms with Gasteiger partial charge in [-0.2, -0.15) is 0 Å². The lowest BCUT2D eigenvalue weighted by Crippen LogP contribution is -2.58. The number of likely N-dealkylation sites (tertiary alicyclic amines) is 1. The van der Waals surface area contributed by atoms with Gasteiger partial charge >= 0.3 is 0 Å². The van der Waals surface area contributed by atoms with Crippen molar-refractivity contribution in [1.82, 2.24) is 4.90 Å². The molecule has 4 aliphatic rings. The lowest BCUT2D eigenvalue weighted by Gasteiger charge is -2.55. The Labute approximate surface area is 267 Å². The molecule has 0 bridgehead atoms. The van der Waals surface area contributed by atoms with E-state index in [1.165, 1.54) is 11.0 Å². The number of imide groups is 1. The quantitative estimate of drug-likeness (QED) is 0.215. The van der Waals surface area contributed by atoms with Crippen LogP contribution in [0.3, 0.4) is 0 Å². The number of benzene rings is 4. The van der Waals surface area contributed by atoms with Crippen LogP contribution in [0.2, 0.25) is 0 Å². The number of nitrogens with zero attached hydrogens (tertiary/aromatic N) is 1. The van der Waals surface area contributed by atoms with Crippen LogP contribution in [0.4, 0.5) is 0 Å². The summed E-state index contributed by atoms with van der Waals surface area (Å²) < 4.78 is 0. The number of Topliss-reactive ketones (excluding diaryl/α,β-unsaturated/α-hetero) is 1. The smallest absolute Gasteiger partial charge is 0.233 e. The second-order valence-corrected chi connectivity index (χ2v) is 12.9. The minimum Gasteiger partial charge on any atom is -0.507 e. The summed E-state index contributed by atoms with van der Waals surface area (Å²) >= 11 is 0. The van der Waals surface area contributed by atoms with Gasteiger partial charge in [0.25, 0.3) is 0 Å². The van der Waals surface area contributed by atoms with E-state index in [2.05, 4.69) is 6.08 Å². The second-order valence-electron chi connectivity index (χ2n) is 12.9. The highest BCUT2D eigenvalue weighted by molar-refractivity contribution is 6.31. The Balaban J connectivity index is 1.45. The minimum atomic E-state index is -1.30. The molecule has 1 saturated carbocycles. The van der Waals surface area contributed by atoms with Crippen LogP contribution < -0.4 is 0 Å². The van der Waals surface area contributed by atoms with Crippen LogP contribution >= 0.6 is 0 Å². The molecule has 1 heterocycles. The fourth-order valence-corrected chi connectivity index (χ4v) is 9.15. The first kappa shape index (κ1) is 28.4. The zero-order chi connectivity index (χ0) is 31.7. The number of amides is 2. The molecule has 0 aromatic heterocycles. The fourth-order valence-electron chi connectivity index (χ4n) is 9.15. The van der Waals surface area contributed by atoms with Crippen molar-refractivity contribution in [1.29, 1.82) is 0 Å². The molecule has 4 aromatic rings. The average molecular weight is 608 g/mol. The van der Waals surface area contributed by atoms with E-state index in [9.17, 15) is 19.5 Å². The van der Waals surface area contributed by atoms with Crippen LogP contribution in [0.5, 0.6) is 5.75 Å². The van der Waals surface area contributed by atoms with E-state index in [4.69, 9.17) is 0 Å². The van der Waals surface area contributed by atoms with Gasteiger partial charge in [0.05, 0.1) is 17.3 Å². The van der Waals surface area contributed by atoms with Gasteiger partial charge in [0.1, 0.15) is 5.75 Å². The second kappa shape index (κ2) is 10.5. The van der Waals surface area contributed by atoms with Gasteiger partial charge in [-0.1, -0.05) is 103 Å². The van der Waals surface area contributed by atoms with E-state index >= 15 is 4.79 Å². The molecule has 6 nitrogen and oxygen atoms in total. The third-order valence-corrected chi connectivity index (χ3v) is 11.0. The van der Waals surface area contributed by atoms with Gasteiger partial charge in [-0.05, 0) is 59.9 Å². The molecule has 1 aliphatic heterocycles. The van der Waals surface area contributed by atoms with Gasteiger partial charge in [-0.15, -0.1) is 0 Å². The summed E-state index contributed by atoms with van der Waals surface area (Å²) in [5.74, 6) is -3.41. The van der Waals surface area contributed by atoms with Gasteiger partial charge in [0.2, 0.25) is 11.8 Å². The standard InChI is InChI=1S/C40H33NO5/c1-2-41-38(45)29-18-17-28-31(35(29)39(41)46)21-32-37(44)30(23-11-5-3-6-12-23)22-34(43)40(32,24-13-7-4-8-14-24)36(28)27-19-20-33(42)26-16-10-9-15-25(26)27/h3-17,19-20,22,29,31-32,35-36,42H,2,18,21H2,1H3. The third kappa shape index (κ3) is 3.76. The number of phenolic OH excluding ortho intramolecular Hbond substituents is 1. The molecule has 3 aliphatic carbocycles. The number of allylic oxidation sites excluding steroid dienone is 4. The van der Waals surface area contributed by atoms with E-state index in [1.54, 1.807) is 6.07 Å². The highest BCUT2D eigenvalue weighted by atomic mass is 16.3. The van der Waals surface area contributed by atoms with Gasteiger partial charge in [-0.3, -0.25) is 24.1 Å². The molecule has 228 valence electrons. The summed E-state index contributed by atoms with van der Waals surface area (Å²) in [4.78, 5) is 58.9. The highest BCUT2D eigenvalue weighted by Crippen LogP contribution is 2.64. The van der Waals surface area contributed by atoms with Crippen molar-refractivity contribution >= 4 is 39.7 Å². The maximum atomic E-state index is 15.1. The number of carbonyl (C=O) groups excluding carboxylic acids is 4.